The highest BCUT2D eigenvalue weighted by Gasteiger charge is 2.28. The molecule has 0 fully saturated rings. The van der Waals surface area contributed by atoms with Gasteiger partial charge in [0, 0.05) is 24.8 Å². The molecule has 0 radical (unpaired) electrons. The molecule has 13 nitrogen and oxygen atoms in total. The number of carbonyl (C=O) groups excluding carboxylic acids is 2. The Bertz CT molecular complexity index is 1410. The second-order valence-corrected chi connectivity index (χ2v) is 7.53. The number of aromatic nitrogens is 2. The lowest BCUT2D eigenvalue weighted by Crippen LogP contribution is -2.41. The highest BCUT2D eigenvalue weighted by Crippen LogP contribution is 2.25. The summed E-state index contributed by atoms with van der Waals surface area (Å²) < 4.78 is 10.7. The number of hydrogen-bond donors (Lipinski definition) is 2. The minimum atomic E-state index is -0.936. The summed E-state index contributed by atoms with van der Waals surface area (Å²) in [6, 6.07) is 11.6. The quantitative estimate of drug-likeness (QED) is 0.250. The van der Waals surface area contributed by atoms with Gasteiger partial charge in [0.2, 0.25) is 0 Å². The summed E-state index contributed by atoms with van der Waals surface area (Å²) in [7, 11) is 2.51. The molecular formula is C23H23N5O8. The van der Waals surface area contributed by atoms with E-state index in [1.807, 2.05) is 0 Å². The maximum Gasteiger partial charge on any atom is 0.338 e. The van der Waals surface area contributed by atoms with Gasteiger partial charge in [0.15, 0.2) is 5.69 Å². The van der Waals surface area contributed by atoms with Crippen molar-refractivity contribution in [3.63, 3.8) is 0 Å². The van der Waals surface area contributed by atoms with Crippen LogP contribution < -0.4 is 21.9 Å². The lowest BCUT2D eigenvalue weighted by Gasteiger charge is -2.25. The van der Waals surface area contributed by atoms with E-state index in [1.165, 1.54) is 7.11 Å². The third-order valence-electron chi connectivity index (χ3n) is 5.23. The Kier molecular flexibility index (Phi) is 7.96. The Balaban J connectivity index is 2.24. The molecule has 3 N–H and O–H groups in total. The second-order valence-electron chi connectivity index (χ2n) is 7.53. The molecule has 0 saturated heterocycles. The number of methoxy groups -OCH3 is 2. The normalized spacial score (nSPS) is 10.6. The zero-order chi connectivity index (χ0) is 26.4. The first-order valence-electron chi connectivity index (χ1n) is 10.5. The molecule has 36 heavy (non-hydrogen) atoms. The van der Waals surface area contributed by atoms with E-state index in [4.69, 9.17) is 10.5 Å². The van der Waals surface area contributed by atoms with E-state index in [0.29, 0.717) is 5.56 Å². The van der Waals surface area contributed by atoms with Gasteiger partial charge in [-0.15, -0.1) is 0 Å². The third-order valence-corrected chi connectivity index (χ3v) is 5.23. The molecule has 0 atom stereocenters. The smallest absolute Gasteiger partial charge is 0.338 e. The molecular weight excluding hydrogens is 474 g/mol. The number of esters is 1. The molecule has 2 aromatic carbocycles. The van der Waals surface area contributed by atoms with Gasteiger partial charge in [-0.2, -0.15) is 0 Å². The Hall–Kier alpha value is -4.78. The van der Waals surface area contributed by atoms with Crippen LogP contribution in [0.1, 0.15) is 26.3 Å². The van der Waals surface area contributed by atoms with E-state index in [9.17, 15) is 29.3 Å². The minimum Gasteiger partial charge on any atom is -0.465 e. The number of hydrogen-bond acceptors (Lipinski definition) is 9. The molecule has 3 aromatic rings. The van der Waals surface area contributed by atoms with E-state index in [0.717, 1.165) is 34.8 Å². The number of H-pyrrole nitrogens is 1. The lowest BCUT2D eigenvalue weighted by molar-refractivity contribution is -0.384. The number of amides is 1. The predicted molar refractivity (Wildman–Crippen MR) is 129 cm³/mol. The van der Waals surface area contributed by atoms with Gasteiger partial charge < -0.3 is 15.2 Å². The van der Waals surface area contributed by atoms with Gasteiger partial charge >= 0.3 is 11.7 Å². The van der Waals surface area contributed by atoms with Gasteiger partial charge in [0.05, 0.1) is 37.3 Å². The number of nitrogens with two attached hydrogens (primary N) is 1. The van der Waals surface area contributed by atoms with E-state index in [-0.39, 0.29) is 42.3 Å². The van der Waals surface area contributed by atoms with E-state index >= 15 is 0 Å². The first-order chi connectivity index (χ1) is 17.2. The molecule has 0 aliphatic heterocycles. The van der Waals surface area contributed by atoms with Crippen molar-refractivity contribution < 1.29 is 24.0 Å². The summed E-state index contributed by atoms with van der Waals surface area (Å²) in [6.07, 6.45) is 0. The van der Waals surface area contributed by atoms with Crippen molar-refractivity contribution >= 4 is 29.1 Å². The largest absolute Gasteiger partial charge is 0.465 e. The fraction of sp³-hybridized carbons (Fsp3) is 0.217. The number of benzene rings is 2. The maximum atomic E-state index is 13.7. The number of nitrogens with one attached hydrogen (secondary N) is 1. The van der Waals surface area contributed by atoms with Crippen molar-refractivity contribution in [1.82, 2.24) is 9.55 Å². The third kappa shape index (κ3) is 5.47. The standard InChI is InChI=1S/C23H23N5O8/c1-35-9-8-26-19(24)18(20(29)25-23(26)32)27(13-14-6-4-3-5-7-14)21(30)15-10-16(22(31)36-2)12-17(11-15)28(33)34/h3-7,10-12H,8-9,13,24H2,1-2H3,(H,25,29,32). The van der Waals surface area contributed by atoms with Gasteiger partial charge in [0.1, 0.15) is 5.82 Å². The number of nitro benzene ring substituents is 1. The Labute approximate surface area is 203 Å². The Morgan fingerprint density at radius 3 is 2.39 bits per heavy atom. The number of nitrogen functional groups attached to an aromatic ring is 1. The predicted octanol–water partition coefficient (Wildman–Crippen LogP) is 1.31. The lowest BCUT2D eigenvalue weighted by atomic mass is 10.1. The number of non-ortho nitro benzene ring substituents is 1. The summed E-state index contributed by atoms with van der Waals surface area (Å²) in [5.41, 5.74) is 3.67. The van der Waals surface area contributed by atoms with Crippen LogP contribution in [0.25, 0.3) is 0 Å². The Morgan fingerprint density at radius 1 is 1.11 bits per heavy atom. The van der Waals surface area contributed by atoms with Gasteiger partial charge in [-0.25, -0.2) is 9.59 Å². The molecule has 0 aliphatic rings. The summed E-state index contributed by atoms with van der Waals surface area (Å²) in [6.45, 7) is -0.0944. The number of rotatable bonds is 9. The van der Waals surface area contributed by atoms with Gasteiger partial charge in [-0.05, 0) is 11.6 Å². The number of ether oxygens (including phenoxy) is 2. The summed E-state index contributed by atoms with van der Waals surface area (Å²) in [4.78, 5) is 64.9. The first-order valence-corrected chi connectivity index (χ1v) is 10.5. The van der Waals surface area contributed by atoms with Gasteiger partial charge in [0.25, 0.3) is 17.2 Å². The van der Waals surface area contributed by atoms with Crippen LogP contribution in [0.5, 0.6) is 0 Å². The minimum absolute atomic E-state index is 0.0123. The van der Waals surface area contributed by atoms with Crippen LogP contribution >= 0.6 is 0 Å². The van der Waals surface area contributed by atoms with Crippen LogP contribution in [0.15, 0.2) is 58.1 Å². The zero-order valence-electron chi connectivity index (χ0n) is 19.4. The van der Waals surface area contributed by atoms with Crippen molar-refractivity contribution in [3.05, 3.63) is 96.2 Å². The molecule has 0 saturated carbocycles. The van der Waals surface area contributed by atoms with Crippen molar-refractivity contribution in [1.29, 1.82) is 0 Å². The highest BCUT2D eigenvalue weighted by atomic mass is 16.6. The van der Waals surface area contributed by atoms with Crippen LogP contribution in [-0.2, 0) is 22.6 Å². The fourth-order valence-corrected chi connectivity index (χ4v) is 3.49. The maximum absolute atomic E-state index is 13.7. The van der Waals surface area contributed by atoms with Crippen LogP contribution in [0.4, 0.5) is 17.2 Å². The molecule has 188 valence electrons. The molecule has 0 aliphatic carbocycles. The van der Waals surface area contributed by atoms with Crippen molar-refractivity contribution in [2.75, 3.05) is 31.5 Å². The van der Waals surface area contributed by atoms with Gasteiger partial charge in [-0.1, -0.05) is 30.3 Å². The number of carbonyl (C=O) groups is 2. The highest BCUT2D eigenvalue weighted by molar-refractivity contribution is 6.08. The molecule has 0 unspecified atom stereocenters. The number of nitrogens with zero attached hydrogens (tertiary/aromatic N) is 3. The van der Waals surface area contributed by atoms with Gasteiger partial charge in [-0.3, -0.25) is 34.2 Å². The molecule has 3 rings (SSSR count). The molecule has 13 heteroatoms. The molecule has 1 heterocycles. The van der Waals surface area contributed by atoms with Crippen molar-refractivity contribution in [2.45, 2.75) is 13.1 Å². The van der Waals surface area contributed by atoms with Crippen LogP contribution in [0.2, 0.25) is 0 Å². The van der Waals surface area contributed by atoms with Crippen molar-refractivity contribution in [3.8, 4) is 0 Å². The first kappa shape index (κ1) is 25.8. The number of anilines is 2. The topological polar surface area (TPSA) is 180 Å². The van der Waals surface area contributed by atoms with E-state index < -0.39 is 33.7 Å². The van der Waals surface area contributed by atoms with Crippen LogP contribution in [0, 0.1) is 10.1 Å². The summed E-state index contributed by atoms with van der Waals surface area (Å²) in [5.74, 6) is -2.07. The van der Waals surface area contributed by atoms with E-state index in [1.54, 1.807) is 30.3 Å². The SMILES string of the molecule is COCCn1c(N)c(N(Cc2ccccc2)C(=O)c2cc(C(=O)OC)cc([N+](=O)[O-])c2)c(=O)[nH]c1=O. The summed E-state index contributed by atoms with van der Waals surface area (Å²) >= 11 is 0. The number of nitro groups is 1. The second kappa shape index (κ2) is 11.1. The van der Waals surface area contributed by atoms with Crippen LogP contribution in [-0.4, -0.2) is 47.2 Å². The average molecular weight is 497 g/mol. The fourth-order valence-electron chi connectivity index (χ4n) is 3.49. The van der Waals surface area contributed by atoms with E-state index in [2.05, 4.69) is 9.72 Å². The molecule has 0 spiro atoms. The summed E-state index contributed by atoms with van der Waals surface area (Å²) in [5, 5.41) is 11.5. The molecule has 1 aromatic heterocycles. The van der Waals surface area contributed by atoms with Crippen molar-refractivity contribution in [2.24, 2.45) is 0 Å². The number of aromatic amines is 1. The monoisotopic (exact) mass is 497 g/mol. The molecule has 0 bridgehead atoms. The van der Waals surface area contributed by atoms with Crippen LogP contribution in [0.3, 0.4) is 0 Å². The zero-order valence-corrected chi connectivity index (χ0v) is 19.4. The average Bonchev–Trinajstić information content (AvgIpc) is 2.87. The molecule has 1 amide bonds. The Morgan fingerprint density at radius 2 is 1.78 bits per heavy atom.